The topological polar surface area (TPSA) is 56.0 Å². The standard InChI is InChI=1S/C20H24N2O/c1-4-7-13-12-20(2,3)16-10-5-8-14(17(13)16)18-15(19(21)23)9-6-11-22-18/h5-6,8-11,13H,4,7,12H2,1-3H3,(H2,21,23)/t13-/m1/s1. The second-order valence-corrected chi connectivity index (χ2v) is 7.10. The maximum atomic E-state index is 11.8. The minimum Gasteiger partial charge on any atom is -0.366 e. The number of pyridine rings is 1. The highest BCUT2D eigenvalue weighted by molar-refractivity contribution is 5.99. The molecule has 0 spiro atoms. The monoisotopic (exact) mass is 308 g/mol. The molecule has 23 heavy (non-hydrogen) atoms. The van der Waals surface area contributed by atoms with Gasteiger partial charge in [0.1, 0.15) is 0 Å². The number of rotatable bonds is 4. The van der Waals surface area contributed by atoms with Crippen molar-refractivity contribution in [2.24, 2.45) is 5.73 Å². The number of carbonyl (C=O) groups excluding carboxylic acids is 1. The lowest BCUT2D eigenvalue weighted by atomic mass is 9.85. The van der Waals surface area contributed by atoms with Crippen LogP contribution >= 0.6 is 0 Å². The van der Waals surface area contributed by atoms with Gasteiger partial charge in [0.2, 0.25) is 0 Å². The molecule has 2 N–H and O–H groups in total. The fraction of sp³-hybridized carbons (Fsp3) is 0.400. The predicted molar refractivity (Wildman–Crippen MR) is 93.5 cm³/mol. The summed E-state index contributed by atoms with van der Waals surface area (Å²) in [5, 5.41) is 0. The molecule has 1 aromatic heterocycles. The molecule has 1 amide bonds. The van der Waals surface area contributed by atoms with Crippen LogP contribution in [0, 0.1) is 0 Å². The van der Waals surface area contributed by atoms with Crippen molar-refractivity contribution in [2.45, 2.75) is 51.4 Å². The van der Waals surface area contributed by atoms with Crippen LogP contribution in [0.15, 0.2) is 36.5 Å². The van der Waals surface area contributed by atoms with E-state index in [1.165, 1.54) is 11.1 Å². The number of aromatic nitrogens is 1. The number of primary amides is 1. The zero-order valence-corrected chi connectivity index (χ0v) is 14.1. The van der Waals surface area contributed by atoms with Gasteiger partial charge in [-0.05, 0) is 47.4 Å². The van der Waals surface area contributed by atoms with Gasteiger partial charge in [0, 0.05) is 11.8 Å². The van der Waals surface area contributed by atoms with Crippen LogP contribution in [0.1, 0.15) is 67.4 Å². The van der Waals surface area contributed by atoms with Crippen LogP contribution in [0.4, 0.5) is 0 Å². The Morgan fingerprint density at radius 3 is 2.78 bits per heavy atom. The van der Waals surface area contributed by atoms with Gasteiger partial charge in [-0.2, -0.15) is 0 Å². The van der Waals surface area contributed by atoms with Crippen molar-refractivity contribution >= 4 is 5.91 Å². The summed E-state index contributed by atoms with van der Waals surface area (Å²) in [6, 6.07) is 9.90. The molecule has 1 atom stereocenters. The average molecular weight is 308 g/mol. The fourth-order valence-electron chi connectivity index (χ4n) is 4.04. The van der Waals surface area contributed by atoms with Gasteiger partial charge >= 0.3 is 0 Å². The van der Waals surface area contributed by atoms with Gasteiger partial charge in [0.25, 0.3) is 5.91 Å². The number of nitrogens with zero attached hydrogens (tertiary/aromatic N) is 1. The minimum atomic E-state index is -0.421. The minimum absolute atomic E-state index is 0.160. The molecule has 0 radical (unpaired) electrons. The van der Waals surface area contributed by atoms with Crippen LogP contribution < -0.4 is 5.73 Å². The molecule has 0 unspecified atom stereocenters. The summed E-state index contributed by atoms with van der Waals surface area (Å²) in [6.07, 6.45) is 5.19. The Morgan fingerprint density at radius 1 is 1.30 bits per heavy atom. The van der Waals surface area contributed by atoms with Crippen molar-refractivity contribution in [3.63, 3.8) is 0 Å². The first-order valence-corrected chi connectivity index (χ1v) is 8.34. The third-order valence-electron chi connectivity index (χ3n) is 4.97. The summed E-state index contributed by atoms with van der Waals surface area (Å²) in [5.74, 6) is 0.0962. The molecule has 0 fully saturated rings. The first kappa shape index (κ1) is 15.7. The van der Waals surface area contributed by atoms with E-state index >= 15 is 0 Å². The van der Waals surface area contributed by atoms with E-state index in [-0.39, 0.29) is 5.41 Å². The van der Waals surface area contributed by atoms with Crippen molar-refractivity contribution in [3.8, 4) is 11.3 Å². The van der Waals surface area contributed by atoms with Gasteiger partial charge in [-0.25, -0.2) is 0 Å². The number of hydrogen-bond donors (Lipinski definition) is 1. The Hall–Kier alpha value is -2.16. The van der Waals surface area contributed by atoms with Gasteiger partial charge in [-0.1, -0.05) is 45.4 Å². The molecule has 0 aliphatic heterocycles. The Balaban J connectivity index is 2.24. The normalized spacial score (nSPS) is 18.7. The second-order valence-electron chi connectivity index (χ2n) is 7.10. The van der Waals surface area contributed by atoms with Crippen LogP contribution in [0.2, 0.25) is 0 Å². The van der Waals surface area contributed by atoms with Crippen molar-refractivity contribution in [2.75, 3.05) is 0 Å². The molecule has 0 saturated carbocycles. The second kappa shape index (κ2) is 5.80. The Kier molecular flexibility index (Phi) is 3.97. The molecule has 120 valence electrons. The summed E-state index contributed by atoms with van der Waals surface area (Å²) in [5.41, 5.74) is 10.8. The van der Waals surface area contributed by atoms with Crippen molar-refractivity contribution in [1.29, 1.82) is 0 Å². The lowest BCUT2D eigenvalue weighted by Gasteiger charge is -2.19. The molecule has 0 saturated heterocycles. The number of amides is 1. The highest BCUT2D eigenvalue weighted by Gasteiger charge is 2.38. The number of benzene rings is 1. The largest absolute Gasteiger partial charge is 0.366 e. The molecule has 3 heteroatoms. The quantitative estimate of drug-likeness (QED) is 0.909. The van der Waals surface area contributed by atoms with Gasteiger partial charge in [0.15, 0.2) is 0 Å². The first-order valence-electron chi connectivity index (χ1n) is 8.34. The van der Waals surface area contributed by atoms with Crippen molar-refractivity contribution in [1.82, 2.24) is 4.98 Å². The maximum absolute atomic E-state index is 11.8. The molecule has 1 aliphatic rings. The number of carbonyl (C=O) groups is 1. The van der Waals surface area contributed by atoms with E-state index in [9.17, 15) is 4.79 Å². The highest BCUT2D eigenvalue weighted by atomic mass is 16.1. The maximum Gasteiger partial charge on any atom is 0.250 e. The molecule has 1 aromatic carbocycles. The van der Waals surface area contributed by atoms with Gasteiger partial charge < -0.3 is 5.73 Å². The summed E-state index contributed by atoms with van der Waals surface area (Å²) < 4.78 is 0. The predicted octanol–water partition coefficient (Wildman–Crippen LogP) is 4.41. The summed E-state index contributed by atoms with van der Waals surface area (Å²) >= 11 is 0. The average Bonchev–Trinajstić information content (AvgIpc) is 2.79. The number of nitrogens with two attached hydrogens (primary N) is 1. The molecular formula is C20H24N2O. The zero-order chi connectivity index (χ0) is 16.6. The number of hydrogen-bond acceptors (Lipinski definition) is 2. The van der Waals surface area contributed by atoms with E-state index in [4.69, 9.17) is 5.73 Å². The Morgan fingerprint density at radius 2 is 2.09 bits per heavy atom. The van der Waals surface area contributed by atoms with Crippen molar-refractivity contribution < 1.29 is 4.79 Å². The first-order chi connectivity index (χ1) is 11.0. The van der Waals surface area contributed by atoms with Crippen LogP contribution in [-0.2, 0) is 5.41 Å². The lowest BCUT2D eigenvalue weighted by molar-refractivity contribution is 0.100. The van der Waals surface area contributed by atoms with Crippen LogP contribution in [-0.4, -0.2) is 10.9 Å². The van der Waals surface area contributed by atoms with Gasteiger partial charge in [0.05, 0.1) is 11.3 Å². The van der Waals surface area contributed by atoms with Gasteiger partial charge in [-0.15, -0.1) is 0 Å². The molecule has 3 nitrogen and oxygen atoms in total. The van der Waals surface area contributed by atoms with Crippen LogP contribution in [0.5, 0.6) is 0 Å². The van der Waals surface area contributed by atoms with Crippen LogP contribution in [0.25, 0.3) is 11.3 Å². The zero-order valence-electron chi connectivity index (χ0n) is 14.1. The lowest BCUT2D eigenvalue weighted by Crippen LogP contribution is -2.14. The smallest absolute Gasteiger partial charge is 0.250 e. The Labute approximate surface area is 137 Å². The van der Waals surface area contributed by atoms with Gasteiger partial charge in [-0.3, -0.25) is 9.78 Å². The molecule has 0 bridgehead atoms. The summed E-state index contributed by atoms with van der Waals surface area (Å²) in [6.45, 7) is 6.83. The molecule has 2 aromatic rings. The molecular weight excluding hydrogens is 284 g/mol. The number of fused-ring (bicyclic) bond motifs is 1. The Bertz CT molecular complexity index is 749. The van der Waals surface area contributed by atoms with E-state index in [0.717, 1.165) is 30.5 Å². The molecule has 1 aliphatic carbocycles. The SMILES string of the molecule is CCC[C@@H]1CC(C)(C)c2cccc(-c3ncccc3C(N)=O)c21. The van der Waals surface area contributed by atoms with E-state index in [0.29, 0.717) is 11.5 Å². The van der Waals surface area contributed by atoms with E-state index < -0.39 is 5.91 Å². The van der Waals surface area contributed by atoms with E-state index in [2.05, 4.69) is 44.0 Å². The third kappa shape index (κ3) is 2.65. The van der Waals surface area contributed by atoms with E-state index in [1.54, 1.807) is 18.3 Å². The van der Waals surface area contributed by atoms with Crippen LogP contribution in [0.3, 0.4) is 0 Å². The van der Waals surface area contributed by atoms with Crippen molar-refractivity contribution in [3.05, 3.63) is 53.2 Å². The highest BCUT2D eigenvalue weighted by Crippen LogP contribution is 2.51. The molecule has 3 rings (SSSR count). The summed E-state index contributed by atoms with van der Waals surface area (Å²) in [7, 11) is 0. The van der Waals surface area contributed by atoms with E-state index in [1.807, 2.05) is 0 Å². The fourth-order valence-corrected chi connectivity index (χ4v) is 4.04. The summed E-state index contributed by atoms with van der Waals surface area (Å²) in [4.78, 5) is 16.3. The molecule has 1 heterocycles. The third-order valence-corrected chi connectivity index (χ3v) is 4.97.